The van der Waals surface area contributed by atoms with Crippen LogP contribution in [0.2, 0.25) is 0 Å². The Morgan fingerprint density at radius 2 is 1.17 bits per heavy atom. The van der Waals surface area contributed by atoms with Gasteiger partial charge in [0.25, 0.3) is 0 Å². The molecule has 1 N–H and O–H groups in total. The molecular formula is C7H16O4Zr. The minimum absolute atomic E-state index is 0. The predicted octanol–water partition coefficient (Wildman–Crippen LogP) is 0.697. The maximum absolute atomic E-state index is 9.34. The van der Waals surface area contributed by atoms with Crippen LogP contribution in [0, 0.1) is 0 Å². The van der Waals surface area contributed by atoms with Crippen molar-refractivity contribution >= 4 is 0 Å². The molecule has 0 aromatic carbocycles. The van der Waals surface area contributed by atoms with Crippen molar-refractivity contribution in [2.75, 3.05) is 19.8 Å². The summed E-state index contributed by atoms with van der Waals surface area (Å²) in [7, 11) is 0. The SMILES string of the molecule is CCOC(O)(OCC)OCC.[Zr]. The summed E-state index contributed by atoms with van der Waals surface area (Å²) < 4.78 is 14.5. The molecule has 72 valence electrons. The Labute approximate surface area is 92.3 Å². The summed E-state index contributed by atoms with van der Waals surface area (Å²) in [4.78, 5) is 0. The molecule has 0 aliphatic carbocycles. The summed E-state index contributed by atoms with van der Waals surface area (Å²) in [6, 6.07) is 0. The molecule has 4 nitrogen and oxygen atoms in total. The molecule has 0 amide bonds. The van der Waals surface area contributed by atoms with Gasteiger partial charge in [-0.2, -0.15) is 0 Å². The number of rotatable bonds is 6. The summed E-state index contributed by atoms with van der Waals surface area (Å²) in [5.41, 5.74) is 0. The third kappa shape index (κ3) is 6.26. The summed E-state index contributed by atoms with van der Waals surface area (Å²) in [5.74, 6) is 0. The van der Waals surface area contributed by atoms with Gasteiger partial charge in [0.2, 0.25) is 0 Å². The minimum Gasteiger partial charge on any atom is -0.319 e. The summed E-state index contributed by atoms with van der Waals surface area (Å²) in [6.45, 7) is 6.29. The van der Waals surface area contributed by atoms with Gasteiger partial charge in [0, 0.05) is 26.2 Å². The zero-order chi connectivity index (χ0) is 8.74. The zero-order valence-corrected chi connectivity index (χ0v) is 10.3. The van der Waals surface area contributed by atoms with Crippen LogP contribution in [0.25, 0.3) is 0 Å². The van der Waals surface area contributed by atoms with Gasteiger partial charge in [-0.3, -0.25) is 0 Å². The van der Waals surface area contributed by atoms with Crippen molar-refractivity contribution in [1.29, 1.82) is 0 Å². The molecule has 0 heterocycles. The van der Waals surface area contributed by atoms with Gasteiger partial charge < -0.3 is 19.3 Å². The maximum Gasteiger partial charge on any atom is 0.410 e. The molecule has 0 unspecified atom stereocenters. The second-order valence-electron chi connectivity index (χ2n) is 1.82. The van der Waals surface area contributed by atoms with E-state index in [4.69, 9.17) is 14.2 Å². The van der Waals surface area contributed by atoms with E-state index >= 15 is 0 Å². The molecule has 0 rings (SSSR count). The first kappa shape index (κ1) is 15.2. The monoisotopic (exact) mass is 254 g/mol. The average Bonchev–Trinajstić information content (AvgIpc) is 1.88. The second kappa shape index (κ2) is 8.33. The Kier molecular flexibility index (Phi) is 10.6. The van der Waals surface area contributed by atoms with E-state index in [2.05, 4.69) is 0 Å². The molecule has 0 radical (unpaired) electrons. The number of aliphatic hydroxyl groups is 1. The van der Waals surface area contributed by atoms with Gasteiger partial charge in [0.1, 0.15) is 0 Å². The molecule has 0 fully saturated rings. The second-order valence-corrected chi connectivity index (χ2v) is 1.82. The quantitative estimate of drug-likeness (QED) is 0.710. The summed E-state index contributed by atoms with van der Waals surface area (Å²) in [5, 5.41) is 9.34. The Hall–Kier alpha value is 0.723. The van der Waals surface area contributed by atoms with Crippen molar-refractivity contribution in [3.05, 3.63) is 0 Å². The Morgan fingerprint density at radius 3 is 1.33 bits per heavy atom. The zero-order valence-electron chi connectivity index (χ0n) is 7.79. The fourth-order valence-electron chi connectivity index (χ4n) is 0.672. The molecule has 0 saturated heterocycles. The van der Waals surface area contributed by atoms with E-state index < -0.39 is 6.16 Å². The molecule has 0 spiro atoms. The molecule has 0 atom stereocenters. The topological polar surface area (TPSA) is 47.9 Å². The third-order valence-electron chi connectivity index (χ3n) is 0.980. The van der Waals surface area contributed by atoms with Crippen LogP contribution in [0.15, 0.2) is 0 Å². The predicted molar refractivity (Wildman–Crippen MR) is 39.8 cm³/mol. The third-order valence-corrected chi connectivity index (χ3v) is 0.980. The van der Waals surface area contributed by atoms with Gasteiger partial charge in [-0.1, -0.05) is 0 Å². The Bertz CT molecular complexity index is 82.4. The van der Waals surface area contributed by atoms with Crippen molar-refractivity contribution in [1.82, 2.24) is 0 Å². The summed E-state index contributed by atoms with van der Waals surface area (Å²) in [6.07, 6.45) is -1.85. The fraction of sp³-hybridized carbons (Fsp3) is 1.00. The molecule has 0 saturated carbocycles. The van der Waals surface area contributed by atoms with Crippen LogP contribution in [-0.4, -0.2) is 31.1 Å². The first-order valence-corrected chi connectivity index (χ1v) is 3.82. The van der Waals surface area contributed by atoms with Crippen LogP contribution < -0.4 is 0 Å². The standard InChI is InChI=1S/C7H16O4.Zr/c1-4-9-7(8,10-5-2)11-6-3;/h8H,4-6H2,1-3H3;. The smallest absolute Gasteiger partial charge is 0.319 e. The maximum atomic E-state index is 9.34. The fourth-order valence-corrected chi connectivity index (χ4v) is 0.672. The molecule has 0 aromatic rings. The van der Waals surface area contributed by atoms with E-state index in [-0.39, 0.29) is 26.2 Å². The van der Waals surface area contributed by atoms with Crippen LogP contribution in [-0.2, 0) is 40.4 Å². The van der Waals surface area contributed by atoms with Crippen molar-refractivity contribution < 1.29 is 45.5 Å². The van der Waals surface area contributed by atoms with Crippen LogP contribution >= 0.6 is 0 Å². The molecule has 0 aliphatic rings. The largest absolute Gasteiger partial charge is 0.410 e. The van der Waals surface area contributed by atoms with E-state index in [1.165, 1.54) is 0 Å². The van der Waals surface area contributed by atoms with Crippen molar-refractivity contribution in [2.24, 2.45) is 0 Å². The molecular weight excluding hydrogens is 239 g/mol. The van der Waals surface area contributed by atoms with Crippen LogP contribution in [0.5, 0.6) is 0 Å². The molecule has 0 aliphatic heterocycles. The van der Waals surface area contributed by atoms with Gasteiger partial charge in [-0.15, -0.1) is 0 Å². The van der Waals surface area contributed by atoms with Gasteiger partial charge in [-0.25, -0.2) is 0 Å². The van der Waals surface area contributed by atoms with Crippen LogP contribution in [0.4, 0.5) is 0 Å². The van der Waals surface area contributed by atoms with E-state index in [1.807, 2.05) is 0 Å². The Balaban J connectivity index is 0. The van der Waals surface area contributed by atoms with Crippen molar-refractivity contribution in [3.8, 4) is 0 Å². The average molecular weight is 255 g/mol. The van der Waals surface area contributed by atoms with E-state index in [0.717, 1.165) is 0 Å². The van der Waals surface area contributed by atoms with Crippen molar-refractivity contribution in [2.45, 2.75) is 26.9 Å². The van der Waals surface area contributed by atoms with Gasteiger partial charge >= 0.3 is 6.16 Å². The Morgan fingerprint density at radius 1 is 0.917 bits per heavy atom. The molecule has 0 bridgehead atoms. The van der Waals surface area contributed by atoms with Crippen molar-refractivity contribution in [3.63, 3.8) is 0 Å². The molecule has 5 heteroatoms. The van der Waals surface area contributed by atoms with E-state index in [9.17, 15) is 5.11 Å². The minimum atomic E-state index is -1.85. The number of hydrogen-bond acceptors (Lipinski definition) is 4. The first-order valence-electron chi connectivity index (χ1n) is 3.82. The normalized spacial score (nSPS) is 11.0. The summed E-state index contributed by atoms with van der Waals surface area (Å²) >= 11 is 0. The number of ether oxygens (including phenoxy) is 3. The van der Waals surface area contributed by atoms with E-state index in [0.29, 0.717) is 19.8 Å². The molecule has 0 aromatic heterocycles. The molecule has 12 heavy (non-hydrogen) atoms. The first-order chi connectivity index (χ1) is 5.18. The number of hydrogen-bond donors (Lipinski definition) is 1. The van der Waals surface area contributed by atoms with Crippen LogP contribution in [0.1, 0.15) is 20.8 Å². The van der Waals surface area contributed by atoms with Gasteiger partial charge in [-0.05, 0) is 20.8 Å². The van der Waals surface area contributed by atoms with Gasteiger partial charge in [0.05, 0.1) is 19.8 Å². The van der Waals surface area contributed by atoms with E-state index in [1.54, 1.807) is 20.8 Å². The van der Waals surface area contributed by atoms with Crippen LogP contribution in [0.3, 0.4) is 0 Å². The van der Waals surface area contributed by atoms with Gasteiger partial charge in [0.15, 0.2) is 0 Å².